The highest BCUT2D eigenvalue weighted by atomic mass is 35.5. The molecule has 0 saturated heterocycles. The average Bonchev–Trinajstić information content (AvgIpc) is 2.91. The molecule has 0 aliphatic carbocycles. The van der Waals surface area contributed by atoms with E-state index in [9.17, 15) is 4.79 Å². The number of hydrogen-bond acceptors (Lipinski definition) is 4. The second kappa shape index (κ2) is 15.4. The summed E-state index contributed by atoms with van der Waals surface area (Å²) in [4.78, 5) is 16.1. The SMILES string of the molecule is CC.CC.O=c1c2ccc(OCCNC(=S)Nc3ccccc3Cl)cc2[nH]c(=S)n1-c1ccccc1Cl. The Hall–Kier alpha value is -2.91. The molecule has 4 aromatic rings. The molecule has 0 unspecified atom stereocenters. The molecule has 3 N–H and O–H groups in total. The predicted octanol–water partition coefficient (Wildman–Crippen LogP) is 7.77. The summed E-state index contributed by atoms with van der Waals surface area (Å²) in [5.41, 5.74) is 1.57. The van der Waals surface area contributed by atoms with E-state index in [0.717, 1.165) is 5.69 Å². The highest BCUT2D eigenvalue weighted by Crippen LogP contribution is 2.22. The van der Waals surface area contributed by atoms with Gasteiger partial charge >= 0.3 is 0 Å². The number of hydrogen-bond donors (Lipinski definition) is 3. The predicted molar refractivity (Wildman–Crippen MR) is 164 cm³/mol. The van der Waals surface area contributed by atoms with Gasteiger partial charge in [0.25, 0.3) is 5.56 Å². The quantitative estimate of drug-likeness (QED) is 0.161. The van der Waals surface area contributed by atoms with Crippen LogP contribution in [0, 0.1) is 4.77 Å². The number of H-pyrrole nitrogens is 1. The van der Waals surface area contributed by atoms with Gasteiger partial charge in [-0.05, 0) is 60.8 Å². The van der Waals surface area contributed by atoms with Gasteiger partial charge < -0.3 is 20.4 Å². The van der Waals surface area contributed by atoms with E-state index in [4.69, 9.17) is 52.4 Å². The summed E-state index contributed by atoms with van der Waals surface area (Å²) in [7, 11) is 0. The summed E-state index contributed by atoms with van der Waals surface area (Å²) < 4.78 is 7.42. The molecular weight excluding hydrogens is 547 g/mol. The first-order valence-corrected chi connectivity index (χ1v) is 13.5. The average molecular weight is 578 g/mol. The Morgan fingerprint density at radius 1 is 0.973 bits per heavy atom. The molecule has 37 heavy (non-hydrogen) atoms. The summed E-state index contributed by atoms with van der Waals surface area (Å²) in [6.45, 7) is 8.83. The number of halogens is 2. The van der Waals surface area contributed by atoms with Gasteiger partial charge in [-0.25, -0.2) is 0 Å². The Kier molecular flexibility index (Phi) is 12.6. The zero-order valence-corrected chi connectivity index (χ0v) is 24.2. The molecular formula is C27H30Cl2N4O2S2. The molecule has 1 aromatic heterocycles. The third-order valence-corrected chi connectivity index (χ3v) is 5.92. The molecule has 0 fully saturated rings. The molecule has 0 spiro atoms. The number of nitrogens with zero attached hydrogens (tertiary/aromatic N) is 1. The zero-order chi connectivity index (χ0) is 27.4. The number of ether oxygens (including phenoxy) is 1. The third kappa shape index (κ3) is 8.04. The van der Waals surface area contributed by atoms with Gasteiger partial charge in [-0.15, -0.1) is 0 Å². The van der Waals surface area contributed by atoms with Crippen molar-refractivity contribution in [3.05, 3.63) is 91.9 Å². The Morgan fingerprint density at radius 3 is 2.30 bits per heavy atom. The molecule has 0 aliphatic rings. The number of aromatic amines is 1. The fourth-order valence-electron chi connectivity index (χ4n) is 3.20. The second-order valence-corrected chi connectivity index (χ2v) is 8.55. The standard InChI is InChI=1S/C23H18Cl2N4O2S2.2C2H6/c24-16-5-1-3-7-18(16)27-22(32)26-11-12-31-14-9-10-15-19(13-14)28-23(33)29(21(15)30)20-8-4-2-6-17(20)25;2*1-2/h1-10,13H,11-12H2,(H,28,33)(H2,26,27,32);2*1-2H3. The van der Waals surface area contributed by atoms with Crippen molar-refractivity contribution >= 4 is 69.3 Å². The monoisotopic (exact) mass is 576 g/mol. The maximum Gasteiger partial charge on any atom is 0.266 e. The summed E-state index contributed by atoms with van der Waals surface area (Å²) >= 11 is 23.1. The molecule has 0 aliphatic heterocycles. The number of thiocarbonyl (C=S) groups is 1. The van der Waals surface area contributed by atoms with Crippen molar-refractivity contribution in [2.75, 3.05) is 18.5 Å². The van der Waals surface area contributed by atoms with Crippen LogP contribution in [-0.4, -0.2) is 27.8 Å². The van der Waals surface area contributed by atoms with Crippen molar-refractivity contribution in [3.63, 3.8) is 0 Å². The van der Waals surface area contributed by atoms with Gasteiger partial charge in [-0.1, -0.05) is 75.2 Å². The normalized spacial score (nSPS) is 9.89. The minimum absolute atomic E-state index is 0.246. The van der Waals surface area contributed by atoms with Gasteiger partial charge in [0.15, 0.2) is 9.88 Å². The second-order valence-electron chi connectivity index (χ2n) is 6.94. The van der Waals surface area contributed by atoms with Crippen molar-refractivity contribution in [2.45, 2.75) is 27.7 Å². The van der Waals surface area contributed by atoms with Gasteiger partial charge in [-0.2, -0.15) is 0 Å². The van der Waals surface area contributed by atoms with Crippen LogP contribution in [-0.2, 0) is 0 Å². The number of aromatic nitrogens is 2. The molecule has 10 heteroatoms. The Bertz CT molecular complexity index is 1450. The fraction of sp³-hybridized carbons (Fsp3) is 0.222. The highest BCUT2D eigenvalue weighted by molar-refractivity contribution is 7.80. The summed E-state index contributed by atoms with van der Waals surface area (Å²) in [5, 5.41) is 8.03. The number of fused-ring (bicyclic) bond motifs is 1. The maximum atomic E-state index is 13.1. The minimum atomic E-state index is -0.258. The molecule has 0 bridgehead atoms. The first-order valence-electron chi connectivity index (χ1n) is 11.9. The molecule has 4 rings (SSSR count). The van der Waals surface area contributed by atoms with Crippen LogP contribution >= 0.6 is 47.6 Å². The molecule has 0 radical (unpaired) electrons. The van der Waals surface area contributed by atoms with Crippen molar-refractivity contribution in [1.82, 2.24) is 14.9 Å². The first-order chi connectivity index (χ1) is 17.9. The minimum Gasteiger partial charge on any atom is -0.492 e. The van der Waals surface area contributed by atoms with E-state index in [1.807, 2.05) is 45.9 Å². The molecule has 3 aromatic carbocycles. The van der Waals surface area contributed by atoms with Crippen LogP contribution in [0.2, 0.25) is 10.0 Å². The number of para-hydroxylation sites is 2. The molecule has 0 amide bonds. The largest absolute Gasteiger partial charge is 0.492 e. The zero-order valence-electron chi connectivity index (χ0n) is 21.1. The topological polar surface area (TPSA) is 71.1 Å². The van der Waals surface area contributed by atoms with Crippen molar-refractivity contribution in [2.24, 2.45) is 0 Å². The van der Waals surface area contributed by atoms with Gasteiger partial charge in [0.2, 0.25) is 0 Å². The van der Waals surface area contributed by atoms with Crippen molar-refractivity contribution < 1.29 is 4.74 Å². The Balaban J connectivity index is 0.00000115. The Labute approximate surface area is 237 Å². The van der Waals surface area contributed by atoms with E-state index in [1.165, 1.54) is 4.57 Å². The molecule has 6 nitrogen and oxygen atoms in total. The van der Waals surface area contributed by atoms with Crippen LogP contribution in [0.5, 0.6) is 5.75 Å². The number of anilines is 1. The van der Waals surface area contributed by atoms with E-state index in [0.29, 0.717) is 50.6 Å². The third-order valence-electron chi connectivity index (χ3n) is 4.74. The maximum absolute atomic E-state index is 13.1. The lowest BCUT2D eigenvalue weighted by Gasteiger charge is -2.13. The van der Waals surface area contributed by atoms with Gasteiger partial charge in [0.05, 0.1) is 38.9 Å². The van der Waals surface area contributed by atoms with Crippen LogP contribution in [0.25, 0.3) is 16.6 Å². The molecule has 1 heterocycles. The van der Waals surface area contributed by atoms with E-state index < -0.39 is 0 Å². The summed E-state index contributed by atoms with van der Waals surface area (Å²) in [5.74, 6) is 0.592. The molecule has 0 atom stereocenters. The summed E-state index contributed by atoms with van der Waals surface area (Å²) in [6.07, 6.45) is 0. The first kappa shape index (κ1) is 30.3. The fourth-order valence-corrected chi connectivity index (χ4v) is 4.11. The van der Waals surface area contributed by atoms with Crippen LogP contribution in [0.15, 0.2) is 71.5 Å². The van der Waals surface area contributed by atoms with Crippen molar-refractivity contribution in [1.29, 1.82) is 0 Å². The van der Waals surface area contributed by atoms with E-state index in [2.05, 4.69) is 15.6 Å². The lowest BCUT2D eigenvalue weighted by Crippen LogP contribution is -2.32. The van der Waals surface area contributed by atoms with E-state index in [-0.39, 0.29) is 10.3 Å². The number of nitrogens with one attached hydrogen (secondary N) is 3. The van der Waals surface area contributed by atoms with Gasteiger partial charge in [0, 0.05) is 6.07 Å². The summed E-state index contributed by atoms with van der Waals surface area (Å²) in [6, 6.07) is 19.6. The van der Waals surface area contributed by atoms with Crippen molar-refractivity contribution in [3.8, 4) is 11.4 Å². The highest BCUT2D eigenvalue weighted by Gasteiger charge is 2.11. The Morgan fingerprint density at radius 2 is 1.62 bits per heavy atom. The molecule has 0 saturated carbocycles. The van der Waals surface area contributed by atoms with E-state index in [1.54, 1.807) is 48.5 Å². The van der Waals surface area contributed by atoms with Crippen LogP contribution in [0.3, 0.4) is 0 Å². The lowest BCUT2D eigenvalue weighted by atomic mass is 10.2. The van der Waals surface area contributed by atoms with Crippen LogP contribution in [0.1, 0.15) is 27.7 Å². The van der Waals surface area contributed by atoms with Gasteiger partial charge in [-0.3, -0.25) is 9.36 Å². The van der Waals surface area contributed by atoms with Crippen LogP contribution in [0.4, 0.5) is 5.69 Å². The number of benzene rings is 3. The molecule has 196 valence electrons. The van der Waals surface area contributed by atoms with E-state index >= 15 is 0 Å². The lowest BCUT2D eigenvalue weighted by molar-refractivity contribution is 0.323. The van der Waals surface area contributed by atoms with Crippen LogP contribution < -0.4 is 20.9 Å². The number of rotatable bonds is 6. The van der Waals surface area contributed by atoms with Gasteiger partial charge in [0.1, 0.15) is 12.4 Å². The smallest absolute Gasteiger partial charge is 0.266 e.